The van der Waals surface area contributed by atoms with Gasteiger partial charge in [0, 0.05) is 5.56 Å². The van der Waals surface area contributed by atoms with Crippen LogP contribution in [0.3, 0.4) is 0 Å². The minimum absolute atomic E-state index is 0.00532. The summed E-state index contributed by atoms with van der Waals surface area (Å²) in [5.74, 6) is 0.0966. The minimum atomic E-state index is -3.71. The zero-order chi connectivity index (χ0) is 13.9. The van der Waals surface area contributed by atoms with Crippen LogP contribution in [0.2, 0.25) is 0 Å². The number of benzene rings is 2. The van der Waals surface area contributed by atoms with Crippen molar-refractivity contribution in [1.82, 2.24) is 0 Å². The van der Waals surface area contributed by atoms with E-state index in [1.165, 1.54) is 30.3 Å². The molecule has 0 bridgehead atoms. The van der Waals surface area contributed by atoms with E-state index in [1.807, 2.05) is 0 Å². The predicted molar refractivity (Wildman–Crippen MR) is 68.5 cm³/mol. The fourth-order valence-electron chi connectivity index (χ4n) is 1.50. The summed E-state index contributed by atoms with van der Waals surface area (Å²) in [6.45, 7) is 0.0708. The SMILES string of the molecule is NS(=O)(=O)c1ccc(OCc2ccccc2F)cc1. The summed E-state index contributed by atoms with van der Waals surface area (Å²) in [7, 11) is -3.71. The molecule has 0 aliphatic heterocycles. The van der Waals surface area contributed by atoms with Gasteiger partial charge in [0.2, 0.25) is 10.0 Å². The number of rotatable bonds is 4. The third kappa shape index (κ3) is 3.52. The Morgan fingerprint density at radius 1 is 1.05 bits per heavy atom. The van der Waals surface area contributed by atoms with Gasteiger partial charge in [-0.2, -0.15) is 0 Å². The summed E-state index contributed by atoms with van der Waals surface area (Å²) < 4.78 is 40.8. The number of nitrogens with two attached hydrogens (primary N) is 1. The smallest absolute Gasteiger partial charge is 0.238 e. The van der Waals surface area contributed by atoms with Gasteiger partial charge in [0.1, 0.15) is 18.2 Å². The standard InChI is InChI=1S/C13H12FNO3S/c14-13-4-2-1-3-10(13)9-18-11-5-7-12(8-6-11)19(15,16)17/h1-8H,9H2,(H2,15,16,17). The van der Waals surface area contributed by atoms with Crippen molar-refractivity contribution in [2.75, 3.05) is 0 Å². The first-order valence-corrected chi connectivity index (χ1v) is 7.00. The first kappa shape index (κ1) is 13.5. The summed E-state index contributed by atoms with van der Waals surface area (Å²) >= 11 is 0. The van der Waals surface area contributed by atoms with Gasteiger partial charge in [0.25, 0.3) is 0 Å². The van der Waals surface area contributed by atoms with Gasteiger partial charge >= 0.3 is 0 Å². The maximum atomic E-state index is 13.3. The Kier molecular flexibility index (Phi) is 3.82. The highest BCUT2D eigenvalue weighted by Crippen LogP contribution is 2.17. The molecule has 0 spiro atoms. The van der Waals surface area contributed by atoms with Crippen LogP contribution in [0.1, 0.15) is 5.56 Å². The van der Waals surface area contributed by atoms with Crippen LogP contribution in [0.5, 0.6) is 5.75 Å². The minimum Gasteiger partial charge on any atom is -0.489 e. The molecule has 0 aromatic heterocycles. The lowest BCUT2D eigenvalue weighted by molar-refractivity contribution is 0.299. The van der Waals surface area contributed by atoms with Crippen LogP contribution in [0.4, 0.5) is 4.39 Å². The van der Waals surface area contributed by atoms with Gasteiger partial charge in [-0.3, -0.25) is 0 Å². The van der Waals surface area contributed by atoms with E-state index in [0.717, 1.165) is 0 Å². The summed E-state index contributed by atoms with van der Waals surface area (Å²) in [5, 5.41) is 4.97. The van der Waals surface area contributed by atoms with Crippen LogP contribution in [0.25, 0.3) is 0 Å². The number of hydrogen-bond donors (Lipinski definition) is 1. The zero-order valence-corrected chi connectivity index (χ0v) is 10.7. The molecule has 19 heavy (non-hydrogen) atoms. The maximum Gasteiger partial charge on any atom is 0.238 e. The van der Waals surface area contributed by atoms with E-state index in [-0.39, 0.29) is 17.3 Å². The van der Waals surface area contributed by atoms with Gasteiger partial charge < -0.3 is 4.74 Å². The largest absolute Gasteiger partial charge is 0.489 e. The van der Waals surface area contributed by atoms with E-state index in [1.54, 1.807) is 18.2 Å². The molecule has 2 rings (SSSR count). The number of ether oxygens (including phenoxy) is 1. The van der Waals surface area contributed by atoms with E-state index in [9.17, 15) is 12.8 Å². The van der Waals surface area contributed by atoms with E-state index < -0.39 is 10.0 Å². The van der Waals surface area contributed by atoms with Gasteiger partial charge in [-0.1, -0.05) is 18.2 Å². The van der Waals surface area contributed by atoms with Crippen LogP contribution < -0.4 is 9.88 Å². The Morgan fingerprint density at radius 2 is 1.68 bits per heavy atom. The quantitative estimate of drug-likeness (QED) is 0.932. The molecule has 0 amide bonds. The van der Waals surface area contributed by atoms with E-state index in [0.29, 0.717) is 11.3 Å². The highest BCUT2D eigenvalue weighted by Gasteiger charge is 2.07. The van der Waals surface area contributed by atoms with Crippen molar-refractivity contribution in [3.63, 3.8) is 0 Å². The average molecular weight is 281 g/mol. The first-order chi connectivity index (χ1) is 8.97. The molecule has 0 atom stereocenters. The van der Waals surface area contributed by atoms with Crippen molar-refractivity contribution in [3.8, 4) is 5.75 Å². The second-order valence-electron chi connectivity index (χ2n) is 3.90. The third-order valence-electron chi connectivity index (χ3n) is 2.50. The predicted octanol–water partition coefficient (Wildman–Crippen LogP) is 2.05. The molecule has 4 nitrogen and oxygen atoms in total. The van der Waals surface area contributed by atoms with Crippen LogP contribution in [-0.2, 0) is 16.6 Å². The molecule has 0 saturated carbocycles. The Labute approximate surface area is 110 Å². The highest BCUT2D eigenvalue weighted by atomic mass is 32.2. The second-order valence-corrected chi connectivity index (χ2v) is 5.46. The van der Waals surface area contributed by atoms with E-state index in [2.05, 4.69) is 0 Å². The van der Waals surface area contributed by atoms with Crippen molar-refractivity contribution >= 4 is 10.0 Å². The van der Waals surface area contributed by atoms with E-state index >= 15 is 0 Å². The summed E-state index contributed by atoms with van der Waals surface area (Å²) in [6.07, 6.45) is 0. The lowest BCUT2D eigenvalue weighted by atomic mass is 10.2. The van der Waals surface area contributed by atoms with Crippen molar-refractivity contribution in [2.24, 2.45) is 5.14 Å². The fourth-order valence-corrected chi connectivity index (χ4v) is 2.02. The van der Waals surface area contributed by atoms with Crippen molar-refractivity contribution in [2.45, 2.75) is 11.5 Å². The lowest BCUT2D eigenvalue weighted by Crippen LogP contribution is -2.11. The number of halogens is 1. The molecule has 0 saturated heterocycles. The monoisotopic (exact) mass is 281 g/mol. The Hall–Kier alpha value is -1.92. The molecule has 2 aromatic rings. The second kappa shape index (κ2) is 5.38. The summed E-state index contributed by atoms with van der Waals surface area (Å²) in [5.41, 5.74) is 0.429. The molecular formula is C13H12FNO3S. The molecule has 2 N–H and O–H groups in total. The fraction of sp³-hybridized carbons (Fsp3) is 0.0769. The molecule has 0 aliphatic carbocycles. The zero-order valence-electron chi connectivity index (χ0n) is 9.91. The van der Waals surface area contributed by atoms with Gasteiger partial charge in [-0.25, -0.2) is 17.9 Å². The van der Waals surface area contributed by atoms with Crippen molar-refractivity contribution in [1.29, 1.82) is 0 Å². The molecule has 0 fully saturated rings. The first-order valence-electron chi connectivity index (χ1n) is 5.46. The number of primary sulfonamides is 1. The van der Waals surface area contributed by atoms with Crippen LogP contribution in [0, 0.1) is 5.82 Å². The third-order valence-corrected chi connectivity index (χ3v) is 3.43. The lowest BCUT2D eigenvalue weighted by Gasteiger charge is -2.07. The molecule has 0 aliphatic rings. The van der Waals surface area contributed by atoms with Gasteiger partial charge in [-0.15, -0.1) is 0 Å². The van der Waals surface area contributed by atoms with Gasteiger partial charge in [0.15, 0.2) is 0 Å². The summed E-state index contributed by atoms with van der Waals surface area (Å²) in [6, 6.07) is 11.9. The summed E-state index contributed by atoms with van der Waals surface area (Å²) in [4.78, 5) is 0.00532. The molecular weight excluding hydrogens is 269 g/mol. The average Bonchev–Trinajstić information content (AvgIpc) is 2.37. The van der Waals surface area contributed by atoms with E-state index in [4.69, 9.17) is 9.88 Å². The van der Waals surface area contributed by atoms with Crippen LogP contribution >= 0.6 is 0 Å². The Balaban J connectivity index is 2.07. The van der Waals surface area contributed by atoms with Crippen molar-refractivity contribution < 1.29 is 17.5 Å². The molecule has 0 radical (unpaired) electrons. The van der Waals surface area contributed by atoms with Crippen LogP contribution in [-0.4, -0.2) is 8.42 Å². The molecule has 100 valence electrons. The topological polar surface area (TPSA) is 69.4 Å². The van der Waals surface area contributed by atoms with Crippen molar-refractivity contribution in [3.05, 3.63) is 59.9 Å². The molecule has 2 aromatic carbocycles. The normalized spacial score (nSPS) is 11.3. The highest BCUT2D eigenvalue weighted by molar-refractivity contribution is 7.89. The van der Waals surface area contributed by atoms with Gasteiger partial charge in [-0.05, 0) is 30.3 Å². The molecule has 0 unspecified atom stereocenters. The Morgan fingerprint density at radius 3 is 2.26 bits per heavy atom. The number of sulfonamides is 1. The van der Waals surface area contributed by atoms with Crippen LogP contribution in [0.15, 0.2) is 53.4 Å². The van der Waals surface area contributed by atoms with Gasteiger partial charge in [0.05, 0.1) is 4.90 Å². The Bertz CT molecular complexity index is 669. The molecule has 6 heteroatoms. The maximum absolute atomic E-state index is 13.3. The molecule has 0 heterocycles. The number of hydrogen-bond acceptors (Lipinski definition) is 3.